The van der Waals surface area contributed by atoms with Crippen molar-refractivity contribution in [3.63, 3.8) is 0 Å². The van der Waals surface area contributed by atoms with Crippen molar-refractivity contribution < 1.29 is 9.50 Å². The average molecular weight is 332 g/mol. The van der Waals surface area contributed by atoms with Crippen LogP contribution < -0.4 is 0 Å². The van der Waals surface area contributed by atoms with E-state index in [9.17, 15) is 9.50 Å². The van der Waals surface area contributed by atoms with Crippen molar-refractivity contribution in [1.29, 1.82) is 0 Å². The molecule has 0 bridgehead atoms. The minimum absolute atomic E-state index is 0.361. The van der Waals surface area contributed by atoms with Gasteiger partial charge in [0.15, 0.2) is 0 Å². The first kappa shape index (κ1) is 15.6. The van der Waals surface area contributed by atoms with Gasteiger partial charge in [-0.15, -0.1) is 0 Å². The van der Waals surface area contributed by atoms with Crippen LogP contribution in [0.15, 0.2) is 61.2 Å². The third-order valence-electron chi connectivity index (χ3n) is 4.01. The van der Waals surface area contributed by atoms with Gasteiger partial charge < -0.3 is 5.11 Å². The summed E-state index contributed by atoms with van der Waals surface area (Å²) in [6, 6.07) is 12.2. The Bertz CT molecular complexity index is 727. The SMILES string of the molecule is CC(n1cncn1)C(O)(c1ccc(F)cc1)c1ccc(Cl)cc1. The van der Waals surface area contributed by atoms with E-state index < -0.39 is 11.6 Å². The first-order chi connectivity index (χ1) is 11.0. The maximum Gasteiger partial charge on any atom is 0.137 e. The summed E-state index contributed by atoms with van der Waals surface area (Å²) in [7, 11) is 0. The molecule has 0 aliphatic heterocycles. The van der Waals surface area contributed by atoms with Gasteiger partial charge in [0.05, 0.1) is 6.04 Å². The predicted molar refractivity (Wildman–Crippen MR) is 85.6 cm³/mol. The van der Waals surface area contributed by atoms with E-state index in [0.717, 1.165) is 0 Å². The fraction of sp³-hybridized carbons (Fsp3) is 0.176. The largest absolute Gasteiger partial charge is 0.378 e. The Balaban J connectivity index is 2.16. The molecule has 0 saturated heterocycles. The van der Waals surface area contributed by atoms with Crippen molar-refractivity contribution in [3.05, 3.63) is 83.2 Å². The van der Waals surface area contributed by atoms with E-state index in [2.05, 4.69) is 10.1 Å². The molecule has 2 unspecified atom stereocenters. The number of aliphatic hydroxyl groups is 1. The van der Waals surface area contributed by atoms with E-state index in [-0.39, 0.29) is 5.82 Å². The molecule has 0 fully saturated rings. The fourth-order valence-corrected chi connectivity index (χ4v) is 2.79. The number of nitrogens with zero attached hydrogens (tertiary/aromatic N) is 3. The van der Waals surface area contributed by atoms with Gasteiger partial charge in [-0.1, -0.05) is 35.9 Å². The lowest BCUT2D eigenvalue weighted by Crippen LogP contribution is -2.37. The zero-order valence-corrected chi connectivity index (χ0v) is 13.2. The molecule has 1 aromatic heterocycles. The number of rotatable bonds is 4. The molecule has 0 aliphatic rings. The molecule has 2 atom stereocenters. The summed E-state index contributed by atoms with van der Waals surface area (Å²) in [4.78, 5) is 3.93. The van der Waals surface area contributed by atoms with E-state index >= 15 is 0 Å². The summed E-state index contributed by atoms with van der Waals surface area (Å²) in [6.45, 7) is 1.83. The quantitative estimate of drug-likeness (QED) is 0.795. The second-order valence-corrected chi connectivity index (χ2v) is 5.77. The average Bonchev–Trinajstić information content (AvgIpc) is 3.09. The van der Waals surface area contributed by atoms with Gasteiger partial charge in [0.1, 0.15) is 24.1 Å². The molecular formula is C17H15ClFN3O. The first-order valence-electron chi connectivity index (χ1n) is 7.10. The zero-order chi connectivity index (χ0) is 16.4. The molecule has 0 radical (unpaired) electrons. The minimum Gasteiger partial charge on any atom is -0.378 e. The molecule has 4 nitrogen and oxygen atoms in total. The number of hydrogen-bond donors (Lipinski definition) is 1. The Hall–Kier alpha value is -2.24. The molecule has 1 N–H and O–H groups in total. The Kier molecular flexibility index (Phi) is 4.15. The molecule has 0 saturated carbocycles. The van der Waals surface area contributed by atoms with Crippen molar-refractivity contribution >= 4 is 11.6 Å². The number of hydrogen-bond acceptors (Lipinski definition) is 3. The molecule has 118 valence electrons. The summed E-state index contributed by atoms with van der Waals surface area (Å²) in [5.74, 6) is -0.361. The highest BCUT2D eigenvalue weighted by Crippen LogP contribution is 2.39. The molecule has 3 rings (SSSR count). The van der Waals surface area contributed by atoms with Crippen LogP contribution in [-0.4, -0.2) is 19.9 Å². The van der Waals surface area contributed by atoms with Crippen LogP contribution in [0.2, 0.25) is 5.02 Å². The second-order valence-electron chi connectivity index (χ2n) is 5.33. The zero-order valence-electron chi connectivity index (χ0n) is 12.4. The molecular weight excluding hydrogens is 317 g/mol. The van der Waals surface area contributed by atoms with Crippen molar-refractivity contribution in [2.75, 3.05) is 0 Å². The number of halogens is 2. The third kappa shape index (κ3) is 2.85. The van der Waals surface area contributed by atoms with Crippen molar-refractivity contribution in [2.45, 2.75) is 18.6 Å². The van der Waals surface area contributed by atoms with Gasteiger partial charge in [0, 0.05) is 5.02 Å². The normalized spacial score (nSPS) is 15.1. The highest BCUT2D eigenvalue weighted by Gasteiger charge is 2.39. The van der Waals surface area contributed by atoms with Crippen LogP contribution in [0.4, 0.5) is 4.39 Å². The predicted octanol–water partition coefficient (Wildman–Crippen LogP) is 3.57. The molecule has 0 amide bonds. The van der Waals surface area contributed by atoms with Crippen molar-refractivity contribution in [1.82, 2.24) is 14.8 Å². The van der Waals surface area contributed by atoms with Crippen LogP contribution in [-0.2, 0) is 5.60 Å². The lowest BCUT2D eigenvalue weighted by molar-refractivity contribution is 0.0245. The van der Waals surface area contributed by atoms with Gasteiger partial charge in [-0.3, -0.25) is 0 Å². The highest BCUT2D eigenvalue weighted by molar-refractivity contribution is 6.30. The van der Waals surface area contributed by atoms with Gasteiger partial charge in [0.2, 0.25) is 0 Å². The van der Waals surface area contributed by atoms with Gasteiger partial charge in [-0.2, -0.15) is 5.10 Å². The van der Waals surface area contributed by atoms with Gasteiger partial charge in [-0.25, -0.2) is 14.1 Å². The molecule has 6 heteroatoms. The monoisotopic (exact) mass is 331 g/mol. The van der Waals surface area contributed by atoms with Gasteiger partial charge >= 0.3 is 0 Å². The van der Waals surface area contributed by atoms with Crippen LogP contribution in [0, 0.1) is 5.82 Å². The molecule has 2 aromatic carbocycles. The topological polar surface area (TPSA) is 50.9 Å². The van der Waals surface area contributed by atoms with Gasteiger partial charge in [-0.05, 0) is 42.3 Å². The fourth-order valence-electron chi connectivity index (χ4n) is 2.67. The summed E-state index contributed by atoms with van der Waals surface area (Å²) in [5, 5.41) is 16.2. The Morgan fingerprint density at radius 2 is 1.65 bits per heavy atom. The van der Waals surface area contributed by atoms with Crippen LogP contribution >= 0.6 is 11.6 Å². The van der Waals surface area contributed by atoms with E-state index in [1.165, 1.54) is 24.8 Å². The highest BCUT2D eigenvalue weighted by atomic mass is 35.5. The van der Waals surface area contributed by atoms with Crippen molar-refractivity contribution in [3.8, 4) is 0 Å². The Labute approximate surface area is 138 Å². The Morgan fingerprint density at radius 3 is 2.17 bits per heavy atom. The molecule has 0 spiro atoms. The Morgan fingerprint density at radius 1 is 1.09 bits per heavy atom. The van der Waals surface area contributed by atoms with E-state index in [1.54, 1.807) is 41.1 Å². The van der Waals surface area contributed by atoms with Crippen molar-refractivity contribution in [2.24, 2.45) is 0 Å². The minimum atomic E-state index is -1.41. The van der Waals surface area contributed by atoms with E-state index in [1.807, 2.05) is 6.92 Å². The lowest BCUT2D eigenvalue weighted by Gasteiger charge is -2.35. The summed E-state index contributed by atoms with van der Waals surface area (Å²) >= 11 is 5.95. The lowest BCUT2D eigenvalue weighted by atomic mass is 9.81. The van der Waals surface area contributed by atoms with Crippen LogP contribution in [0.3, 0.4) is 0 Å². The molecule has 23 heavy (non-hydrogen) atoms. The summed E-state index contributed by atoms with van der Waals surface area (Å²) < 4.78 is 14.8. The standard InChI is InChI=1S/C17H15ClFN3O/c1-12(22-11-20-10-21-22)17(23,13-2-6-15(18)7-3-13)14-4-8-16(19)9-5-14/h2-12,23H,1H3. The third-order valence-corrected chi connectivity index (χ3v) is 4.26. The van der Waals surface area contributed by atoms with E-state index in [4.69, 9.17) is 11.6 Å². The molecule has 0 aliphatic carbocycles. The van der Waals surface area contributed by atoms with Gasteiger partial charge in [0.25, 0.3) is 0 Å². The first-order valence-corrected chi connectivity index (χ1v) is 7.48. The smallest absolute Gasteiger partial charge is 0.137 e. The maximum absolute atomic E-state index is 13.3. The molecule has 3 aromatic rings. The number of aromatic nitrogens is 3. The van der Waals surface area contributed by atoms with E-state index in [0.29, 0.717) is 16.1 Å². The van der Waals surface area contributed by atoms with Crippen LogP contribution in [0.1, 0.15) is 24.1 Å². The maximum atomic E-state index is 13.3. The summed E-state index contributed by atoms with van der Waals surface area (Å²) in [5.41, 5.74) is -0.216. The van der Waals surface area contributed by atoms with Crippen LogP contribution in [0.5, 0.6) is 0 Å². The number of benzene rings is 2. The molecule has 1 heterocycles. The van der Waals surface area contributed by atoms with Crippen LogP contribution in [0.25, 0.3) is 0 Å². The second kappa shape index (κ2) is 6.10. The summed E-state index contributed by atoms with van der Waals surface area (Å²) in [6.07, 6.45) is 2.94.